The van der Waals surface area contributed by atoms with Crippen molar-refractivity contribution in [2.45, 2.75) is 26.3 Å². The Morgan fingerprint density at radius 1 is 1.56 bits per heavy atom. The zero-order valence-corrected chi connectivity index (χ0v) is 10.2. The van der Waals surface area contributed by atoms with E-state index in [1.54, 1.807) is 22.9 Å². The fourth-order valence-electron chi connectivity index (χ4n) is 2.42. The third-order valence-electron chi connectivity index (χ3n) is 3.65. The maximum Gasteiger partial charge on any atom is 0.337 e. The summed E-state index contributed by atoms with van der Waals surface area (Å²) in [6, 6.07) is 5.11. The molecule has 1 unspecified atom stereocenters. The van der Waals surface area contributed by atoms with E-state index >= 15 is 0 Å². The predicted octanol–water partition coefficient (Wildman–Crippen LogP) is 2.18. The molecule has 0 saturated heterocycles. The second-order valence-corrected chi connectivity index (χ2v) is 5.06. The lowest BCUT2D eigenvalue weighted by Crippen LogP contribution is -2.12. The van der Waals surface area contributed by atoms with E-state index in [0.717, 1.165) is 12.5 Å². The van der Waals surface area contributed by atoms with Crippen molar-refractivity contribution in [1.29, 1.82) is 0 Å². The van der Waals surface area contributed by atoms with Crippen molar-refractivity contribution in [3.8, 4) is 0 Å². The Balaban J connectivity index is 2.03. The first-order valence-electron chi connectivity index (χ1n) is 6.22. The minimum atomic E-state index is -0.928. The highest BCUT2D eigenvalue weighted by Gasteiger charge is 2.29. The van der Waals surface area contributed by atoms with Gasteiger partial charge in [-0.05, 0) is 36.8 Å². The molecule has 0 aliphatic heterocycles. The number of hydrogen-bond donors (Lipinski definition) is 1. The van der Waals surface area contributed by atoms with Crippen molar-refractivity contribution in [2.24, 2.45) is 11.8 Å². The smallest absolute Gasteiger partial charge is 0.337 e. The molecule has 0 amide bonds. The predicted molar refractivity (Wildman–Crippen MR) is 66.4 cm³/mol. The maximum absolute atomic E-state index is 11.2. The Kier molecular flexibility index (Phi) is 2.54. The molecular formula is C13H15N3O2. The maximum atomic E-state index is 11.2. The molecule has 1 aliphatic rings. The number of nitrogens with zero attached hydrogens (tertiary/aromatic N) is 3. The van der Waals surface area contributed by atoms with Gasteiger partial charge >= 0.3 is 5.97 Å². The van der Waals surface area contributed by atoms with Crippen LogP contribution in [0.25, 0.3) is 11.0 Å². The molecule has 0 bridgehead atoms. The Morgan fingerprint density at radius 2 is 2.33 bits per heavy atom. The molecule has 18 heavy (non-hydrogen) atoms. The molecule has 1 heterocycles. The van der Waals surface area contributed by atoms with E-state index in [9.17, 15) is 9.90 Å². The average Bonchev–Trinajstić information content (AvgIpc) is 3.12. The molecule has 1 saturated carbocycles. The summed E-state index contributed by atoms with van der Waals surface area (Å²) in [6.07, 6.45) is 2.55. The summed E-state index contributed by atoms with van der Waals surface area (Å²) in [7, 11) is 0. The van der Waals surface area contributed by atoms with E-state index < -0.39 is 5.97 Å². The van der Waals surface area contributed by atoms with Crippen LogP contribution in [0.5, 0.6) is 0 Å². The van der Waals surface area contributed by atoms with E-state index in [1.807, 2.05) is 0 Å². The molecule has 5 nitrogen and oxygen atoms in total. The van der Waals surface area contributed by atoms with Gasteiger partial charge in [0.05, 0.1) is 5.56 Å². The highest BCUT2D eigenvalue weighted by Crippen LogP contribution is 2.37. The van der Waals surface area contributed by atoms with Gasteiger partial charge < -0.3 is 5.11 Å². The fourth-order valence-corrected chi connectivity index (χ4v) is 2.42. The third-order valence-corrected chi connectivity index (χ3v) is 3.65. The number of rotatable bonds is 4. The van der Waals surface area contributed by atoms with Gasteiger partial charge in [0.1, 0.15) is 11.0 Å². The van der Waals surface area contributed by atoms with Crippen molar-refractivity contribution in [3.63, 3.8) is 0 Å². The van der Waals surface area contributed by atoms with Crippen LogP contribution in [0.1, 0.15) is 30.1 Å². The molecule has 0 radical (unpaired) electrons. The van der Waals surface area contributed by atoms with Gasteiger partial charge in [-0.3, -0.25) is 0 Å². The van der Waals surface area contributed by atoms with Crippen molar-refractivity contribution >= 4 is 17.0 Å². The highest BCUT2D eigenvalue weighted by molar-refractivity contribution is 6.00. The summed E-state index contributed by atoms with van der Waals surface area (Å²) < 4.78 is 1.74. The topological polar surface area (TPSA) is 68.0 Å². The fraction of sp³-hybridized carbons (Fsp3) is 0.462. The van der Waals surface area contributed by atoms with E-state index in [0.29, 0.717) is 17.0 Å². The van der Waals surface area contributed by atoms with Gasteiger partial charge in [-0.2, -0.15) is 0 Å². The van der Waals surface area contributed by atoms with Crippen molar-refractivity contribution in [1.82, 2.24) is 15.0 Å². The molecule has 1 aromatic carbocycles. The van der Waals surface area contributed by atoms with Crippen LogP contribution in [0, 0.1) is 11.8 Å². The number of carboxylic acid groups (broad SMARTS) is 1. The molecule has 5 heteroatoms. The summed E-state index contributed by atoms with van der Waals surface area (Å²) in [5.41, 5.74) is 1.57. The summed E-state index contributed by atoms with van der Waals surface area (Å²) >= 11 is 0. The second-order valence-electron chi connectivity index (χ2n) is 5.06. The van der Waals surface area contributed by atoms with Crippen LogP contribution in [0.2, 0.25) is 0 Å². The molecule has 2 aromatic rings. The number of hydrogen-bond acceptors (Lipinski definition) is 3. The number of aromatic carboxylic acids is 1. The van der Waals surface area contributed by atoms with Gasteiger partial charge in [-0.25, -0.2) is 9.48 Å². The first-order valence-corrected chi connectivity index (χ1v) is 6.22. The summed E-state index contributed by atoms with van der Waals surface area (Å²) in [5, 5.41) is 17.3. The van der Waals surface area contributed by atoms with Gasteiger partial charge in [-0.15, -0.1) is 5.10 Å². The lowest BCUT2D eigenvalue weighted by atomic mass is 10.1. The Bertz CT molecular complexity index is 601. The van der Waals surface area contributed by atoms with Crippen LogP contribution in [0.15, 0.2) is 18.2 Å². The van der Waals surface area contributed by atoms with Crippen LogP contribution >= 0.6 is 0 Å². The summed E-state index contributed by atoms with van der Waals surface area (Å²) in [5.74, 6) is 0.362. The summed E-state index contributed by atoms with van der Waals surface area (Å²) in [6.45, 7) is 2.93. The van der Waals surface area contributed by atoms with Crippen molar-refractivity contribution < 1.29 is 9.90 Å². The number of fused-ring (bicyclic) bond motifs is 1. The molecule has 1 fully saturated rings. The van der Waals surface area contributed by atoms with E-state index in [4.69, 9.17) is 0 Å². The lowest BCUT2D eigenvalue weighted by Gasteiger charge is -2.10. The van der Waals surface area contributed by atoms with E-state index in [1.165, 1.54) is 12.8 Å². The first kappa shape index (κ1) is 11.2. The van der Waals surface area contributed by atoms with E-state index in [2.05, 4.69) is 17.2 Å². The number of aromatic nitrogens is 3. The van der Waals surface area contributed by atoms with Crippen LogP contribution in [-0.2, 0) is 6.54 Å². The van der Waals surface area contributed by atoms with Gasteiger partial charge in [0, 0.05) is 6.54 Å². The summed E-state index contributed by atoms with van der Waals surface area (Å²) in [4.78, 5) is 11.2. The van der Waals surface area contributed by atoms with Crippen molar-refractivity contribution in [3.05, 3.63) is 23.8 Å². The highest BCUT2D eigenvalue weighted by atomic mass is 16.4. The van der Waals surface area contributed by atoms with Gasteiger partial charge in [0.15, 0.2) is 0 Å². The molecule has 1 aliphatic carbocycles. The normalized spacial score (nSPS) is 16.9. The molecule has 94 valence electrons. The van der Waals surface area contributed by atoms with Gasteiger partial charge in [-0.1, -0.05) is 18.2 Å². The monoisotopic (exact) mass is 245 g/mol. The third kappa shape index (κ3) is 1.85. The second kappa shape index (κ2) is 4.08. The lowest BCUT2D eigenvalue weighted by molar-refractivity contribution is 0.0698. The van der Waals surface area contributed by atoms with Crippen LogP contribution in [0.3, 0.4) is 0 Å². The molecule has 1 atom stereocenters. The van der Waals surface area contributed by atoms with Crippen molar-refractivity contribution in [2.75, 3.05) is 0 Å². The van der Waals surface area contributed by atoms with Gasteiger partial charge in [0.2, 0.25) is 0 Å². The first-order chi connectivity index (χ1) is 8.66. The minimum Gasteiger partial charge on any atom is -0.478 e. The van der Waals surface area contributed by atoms with Crippen LogP contribution in [-0.4, -0.2) is 26.1 Å². The molecule has 3 rings (SSSR count). The Morgan fingerprint density at radius 3 is 3.00 bits per heavy atom. The van der Waals surface area contributed by atoms with E-state index in [-0.39, 0.29) is 5.56 Å². The number of benzene rings is 1. The molecular weight excluding hydrogens is 230 g/mol. The average molecular weight is 245 g/mol. The zero-order valence-electron chi connectivity index (χ0n) is 10.2. The molecule has 0 spiro atoms. The minimum absolute atomic E-state index is 0.278. The quantitative estimate of drug-likeness (QED) is 0.896. The Labute approximate surface area is 104 Å². The Hall–Kier alpha value is -1.91. The molecule has 1 N–H and O–H groups in total. The SMILES string of the molecule is CC(Cn1nnc2cccc(C(=O)O)c21)C1CC1. The van der Waals surface area contributed by atoms with Crippen LogP contribution < -0.4 is 0 Å². The van der Waals surface area contributed by atoms with Gasteiger partial charge in [0.25, 0.3) is 0 Å². The number of para-hydroxylation sites is 1. The van der Waals surface area contributed by atoms with Crippen LogP contribution in [0.4, 0.5) is 0 Å². The molecule has 1 aromatic heterocycles. The zero-order chi connectivity index (χ0) is 12.7. The number of carbonyl (C=O) groups is 1. The largest absolute Gasteiger partial charge is 0.478 e. The number of carboxylic acids is 1. The standard InChI is InChI=1S/C13H15N3O2/c1-8(9-5-6-9)7-16-12-10(13(17)18)3-2-4-11(12)14-15-16/h2-4,8-9H,5-7H2,1H3,(H,17,18).